The molecule has 2 nitrogen and oxygen atoms in total. The van der Waals surface area contributed by atoms with Gasteiger partial charge in [-0.2, -0.15) is 0 Å². The average molecular weight is 194 g/mol. The molecule has 2 aromatic rings. The summed E-state index contributed by atoms with van der Waals surface area (Å²) in [4.78, 5) is 0. The monoisotopic (exact) mass is 194 g/mol. The van der Waals surface area contributed by atoms with E-state index in [-0.39, 0.29) is 0 Å². The van der Waals surface area contributed by atoms with Gasteiger partial charge in [0, 0.05) is 16.2 Å². The second-order valence-electron chi connectivity index (χ2n) is 2.97. The summed E-state index contributed by atoms with van der Waals surface area (Å²) >= 11 is 1.54. The van der Waals surface area contributed by atoms with Crippen LogP contribution in [0.1, 0.15) is 5.56 Å². The van der Waals surface area contributed by atoms with Gasteiger partial charge in [-0.3, -0.25) is 0 Å². The molecule has 0 radical (unpaired) electrons. The summed E-state index contributed by atoms with van der Waals surface area (Å²) in [5.41, 5.74) is 1.06. The van der Waals surface area contributed by atoms with Crippen molar-refractivity contribution in [2.75, 3.05) is 7.11 Å². The highest BCUT2D eigenvalue weighted by Gasteiger charge is 2.06. The van der Waals surface area contributed by atoms with Crippen LogP contribution >= 0.6 is 11.3 Å². The first kappa shape index (κ1) is 8.38. The fourth-order valence-corrected chi connectivity index (χ4v) is 2.33. The third kappa shape index (κ3) is 1.35. The van der Waals surface area contributed by atoms with Crippen molar-refractivity contribution in [3.05, 3.63) is 23.8 Å². The highest BCUT2D eigenvalue weighted by atomic mass is 32.1. The number of methoxy groups -OCH3 is 1. The number of hydrogen-bond donors (Lipinski definition) is 1. The highest BCUT2D eigenvalue weighted by Crippen LogP contribution is 2.37. The molecule has 1 aromatic carbocycles. The van der Waals surface area contributed by atoms with E-state index >= 15 is 0 Å². The molecular formula is C10H10O2S. The number of phenols is 1. The topological polar surface area (TPSA) is 29.5 Å². The summed E-state index contributed by atoms with van der Waals surface area (Å²) in [7, 11) is 1.63. The molecule has 0 aliphatic rings. The van der Waals surface area contributed by atoms with Gasteiger partial charge in [0.25, 0.3) is 0 Å². The molecule has 0 aliphatic carbocycles. The number of rotatable bonds is 1. The molecular weight excluding hydrogens is 184 g/mol. The van der Waals surface area contributed by atoms with Crippen molar-refractivity contribution in [2.24, 2.45) is 0 Å². The van der Waals surface area contributed by atoms with Crippen LogP contribution < -0.4 is 4.74 Å². The van der Waals surface area contributed by atoms with Gasteiger partial charge in [-0.15, -0.1) is 0 Å². The van der Waals surface area contributed by atoms with E-state index in [1.165, 1.54) is 0 Å². The molecule has 1 heterocycles. The number of ether oxygens (including phenoxy) is 1. The Labute approximate surface area is 80.4 Å². The third-order valence-corrected chi connectivity index (χ3v) is 2.98. The summed E-state index contributed by atoms with van der Waals surface area (Å²) < 4.78 is 6.17. The van der Waals surface area contributed by atoms with E-state index in [1.807, 2.05) is 19.1 Å². The third-order valence-electron chi connectivity index (χ3n) is 1.94. The Kier molecular flexibility index (Phi) is 1.88. The maximum Gasteiger partial charge on any atom is 0.174 e. The molecule has 1 aromatic heterocycles. The van der Waals surface area contributed by atoms with E-state index < -0.39 is 0 Å². The number of thiophene rings is 1. The molecule has 0 atom stereocenters. The van der Waals surface area contributed by atoms with Crippen molar-refractivity contribution in [3.63, 3.8) is 0 Å². The van der Waals surface area contributed by atoms with Crippen molar-refractivity contribution in [3.8, 4) is 10.8 Å². The van der Waals surface area contributed by atoms with Crippen LogP contribution in [0, 0.1) is 6.92 Å². The second-order valence-corrected chi connectivity index (χ2v) is 4.01. The number of aromatic hydroxyl groups is 1. The minimum Gasteiger partial charge on any atom is -0.507 e. The van der Waals surface area contributed by atoms with Gasteiger partial charge in [-0.05, 0) is 24.6 Å². The van der Waals surface area contributed by atoms with Crippen LogP contribution in [0.3, 0.4) is 0 Å². The van der Waals surface area contributed by atoms with Gasteiger partial charge in [-0.1, -0.05) is 11.3 Å². The number of hydrogen-bond acceptors (Lipinski definition) is 3. The summed E-state index contributed by atoms with van der Waals surface area (Å²) in [6, 6.07) is 5.66. The Morgan fingerprint density at radius 1 is 1.31 bits per heavy atom. The SMILES string of the molecule is COc1cc2c(O)cc(C)cc2s1. The molecule has 0 saturated carbocycles. The van der Waals surface area contributed by atoms with Crippen LogP contribution in [0.25, 0.3) is 10.1 Å². The van der Waals surface area contributed by atoms with Crippen molar-refractivity contribution >= 4 is 21.4 Å². The smallest absolute Gasteiger partial charge is 0.174 e. The lowest BCUT2D eigenvalue weighted by Gasteiger charge is -1.95. The van der Waals surface area contributed by atoms with Crippen molar-refractivity contribution in [2.45, 2.75) is 6.92 Å². The van der Waals surface area contributed by atoms with E-state index in [0.717, 1.165) is 20.7 Å². The zero-order chi connectivity index (χ0) is 9.42. The van der Waals surface area contributed by atoms with Crippen LogP contribution in [-0.2, 0) is 0 Å². The quantitative estimate of drug-likeness (QED) is 0.756. The molecule has 13 heavy (non-hydrogen) atoms. The molecule has 0 spiro atoms. The van der Waals surface area contributed by atoms with Gasteiger partial charge < -0.3 is 9.84 Å². The molecule has 0 amide bonds. The Morgan fingerprint density at radius 2 is 2.08 bits per heavy atom. The van der Waals surface area contributed by atoms with Crippen molar-refractivity contribution in [1.29, 1.82) is 0 Å². The molecule has 0 bridgehead atoms. The zero-order valence-electron chi connectivity index (χ0n) is 7.50. The van der Waals surface area contributed by atoms with Gasteiger partial charge in [0.05, 0.1) is 7.11 Å². The first-order chi connectivity index (χ1) is 6.20. The average Bonchev–Trinajstić information content (AvgIpc) is 2.47. The molecule has 0 saturated heterocycles. The number of benzene rings is 1. The van der Waals surface area contributed by atoms with Gasteiger partial charge in [-0.25, -0.2) is 0 Å². The number of phenolic OH excluding ortho intramolecular Hbond substituents is 1. The van der Waals surface area contributed by atoms with Gasteiger partial charge in [0.15, 0.2) is 5.06 Å². The lowest BCUT2D eigenvalue weighted by atomic mass is 10.2. The predicted octanol–water partition coefficient (Wildman–Crippen LogP) is 2.92. The van der Waals surface area contributed by atoms with Gasteiger partial charge in [0.2, 0.25) is 0 Å². The minimum absolute atomic E-state index is 0.328. The van der Waals surface area contributed by atoms with Gasteiger partial charge >= 0.3 is 0 Å². The van der Waals surface area contributed by atoms with Crippen molar-refractivity contribution in [1.82, 2.24) is 0 Å². The summed E-state index contributed by atoms with van der Waals surface area (Å²) in [6.07, 6.45) is 0. The number of fused-ring (bicyclic) bond motifs is 1. The fraction of sp³-hybridized carbons (Fsp3) is 0.200. The van der Waals surface area contributed by atoms with Crippen LogP contribution in [0.4, 0.5) is 0 Å². The van der Waals surface area contributed by atoms with E-state index in [2.05, 4.69) is 0 Å². The molecule has 2 rings (SSSR count). The normalized spacial score (nSPS) is 10.6. The molecule has 0 unspecified atom stereocenters. The molecule has 0 fully saturated rings. The predicted molar refractivity (Wildman–Crippen MR) is 54.8 cm³/mol. The first-order valence-corrected chi connectivity index (χ1v) is 4.79. The molecule has 3 heteroatoms. The number of aryl methyl sites for hydroxylation is 1. The fourth-order valence-electron chi connectivity index (χ4n) is 1.33. The standard InChI is InChI=1S/C10H10O2S/c1-6-3-8(11)7-5-10(12-2)13-9(7)4-6/h3-5,11H,1-2H3. The first-order valence-electron chi connectivity index (χ1n) is 3.98. The summed E-state index contributed by atoms with van der Waals surface area (Å²) in [5, 5.41) is 11.3. The van der Waals surface area contributed by atoms with E-state index in [1.54, 1.807) is 24.5 Å². The lowest BCUT2D eigenvalue weighted by molar-refractivity contribution is 0.427. The molecule has 0 aliphatic heterocycles. The van der Waals surface area contributed by atoms with E-state index in [0.29, 0.717) is 5.75 Å². The van der Waals surface area contributed by atoms with Crippen LogP contribution in [0.5, 0.6) is 10.8 Å². The van der Waals surface area contributed by atoms with Crippen LogP contribution in [0.2, 0.25) is 0 Å². The Hall–Kier alpha value is -1.22. The van der Waals surface area contributed by atoms with Crippen LogP contribution in [0.15, 0.2) is 18.2 Å². The second kappa shape index (κ2) is 2.92. The molecule has 1 N–H and O–H groups in total. The van der Waals surface area contributed by atoms with Crippen LogP contribution in [-0.4, -0.2) is 12.2 Å². The lowest BCUT2D eigenvalue weighted by Crippen LogP contribution is -1.73. The minimum atomic E-state index is 0.328. The Balaban J connectivity index is 2.75. The van der Waals surface area contributed by atoms with Crippen molar-refractivity contribution < 1.29 is 9.84 Å². The van der Waals surface area contributed by atoms with Gasteiger partial charge in [0.1, 0.15) is 5.75 Å². The molecule has 68 valence electrons. The summed E-state index contributed by atoms with van der Waals surface area (Å²) in [5.74, 6) is 0.328. The Morgan fingerprint density at radius 3 is 2.77 bits per heavy atom. The zero-order valence-corrected chi connectivity index (χ0v) is 8.31. The maximum absolute atomic E-state index is 9.61. The highest BCUT2D eigenvalue weighted by molar-refractivity contribution is 7.20. The maximum atomic E-state index is 9.61. The largest absolute Gasteiger partial charge is 0.507 e. The summed E-state index contributed by atoms with van der Waals surface area (Å²) in [6.45, 7) is 1.96. The van der Waals surface area contributed by atoms with E-state index in [4.69, 9.17) is 4.74 Å². The Bertz CT molecular complexity index is 445. The van der Waals surface area contributed by atoms with E-state index in [9.17, 15) is 5.11 Å².